The second-order valence-corrected chi connectivity index (χ2v) is 5.66. The van der Waals surface area contributed by atoms with Crippen molar-refractivity contribution in [1.29, 1.82) is 0 Å². The predicted octanol–water partition coefficient (Wildman–Crippen LogP) is 4.31. The number of benzene rings is 1. The highest BCUT2D eigenvalue weighted by molar-refractivity contribution is 9.10. The Labute approximate surface area is 105 Å². The minimum Gasteiger partial charge on any atom is -0.382 e. The molecule has 0 radical (unpaired) electrons. The standard InChI is InChI=1S/C14H16BrN/c1-2-13-11-5-3-4-10(11)12-8-9(15)6-7-14(12)16-13/h3-4,6-8,10-11,13,16H,2,5H2,1H3/t10-,11+,13+/m0/s1. The van der Waals surface area contributed by atoms with Crippen LogP contribution in [0, 0.1) is 5.92 Å². The first kappa shape index (κ1) is 10.4. The van der Waals surface area contributed by atoms with Gasteiger partial charge in [-0.05, 0) is 42.5 Å². The van der Waals surface area contributed by atoms with E-state index in [0.717, 1.165) is 5.92 Å². The Morgan fingerprint density at radius 1 is 1.44 bits per heavy atom. The fraction of sp³-hybridized carbons (Fsp3) is 0.429. The molecule has 0 unspecified atom stereocenters. The van der Waals surface area contributed by atoms with E-state index < -0.39 is 0 Å². The monoisotopic (exact) mass is 277 g/mol. The van der Waals surface area contributed by atoms with Crippen LogP contribution in [-0.4, -0.2) is 6.04 Å². The van der Waals surface area contributed by atoms with E-state index in [1.807, 2.05) is 0 Å². The Kier molecular flexibility index (Phi) is 2.55. The third-order valence-corrected chi connectivity index (χ3v) is 4.38. The maximum Gasteiger partial charge on any atom is 0.0381 e. The van der Waals surface area contributed by atoms with Crippen LogP contribution in [0.4, 0.5) is 5.69 Å². The van der Waals surface area contributed by atoms with E-state index in [4.69, 9.17) is 0 Å². The molecular weight excluding hydrogens is 262 g/mol. The zero-order chi connectivity index (χ0) is 11.1. The molecule has 0 aromatic heterocycles. The van der Waals surface area contributed by atoms with Gasteiger partial charge in [-0.2, -0.15) is 0 Å². The summed E-state index contributed by atoms with van der Waals surface area (Å²) >= 11 is 3.57. The summed E-state index contributed by atoms with van der Waals surface area (Å²) in [6.45, 7) is 2.27. The zero-order valence-corrected chi connectivity index (χ0v) is 11.0. The van der Waals surface area contributed by atoms with Gasteiger partial charge >= 0.3 is 0 Å². The minimum atomic E-state index is 0.624. The Morgan fingerprint density at radius 3 is 3.12 bits per heavy atom. The van der Waals surface area contributed by atoms with Gasteiger partial charge in [0.05, 0.1) is 0 Å². The van der Waals surface area contributed by atoms with Crippen LogP contribution < -0.4 is 5.32 Å². The lowest BCUT2D eigenvalue weighted by molar-refractivity contribution is 0.407. The highest BCUT2D eigenvalue weighted by atomic mass is 79.9. The molecule has 0 saturated heterocycles. The molecule has 1 aromatic rings. The highest BCUT2D eigenvalue weighted by Gasteiger charge is 2.35. The topological polar surface area (TPSA) is 12.0 Å². The number of allylic oxidation sites excluding steroid dienone is 2. The fourth-order valence-electron chi connectivity index (χ4n) is 3.07. The van der Waals surface area contributed by atoms with E-state index in [9.17, 15) is 0 Å². The molecule has 84 valence electrons. The number of hydrogen-bond donors (Lipinski definition) is 1. The van der Waals surface area contributed by atoms with Crippen LogP contribution in [0.15, 0.2) is 34.8 Å². The molecule has 1 aliphatic carbocycles. The smallest absolute Gasteiger partial charge is 0.0381 e. The van der Waals surface area contributed by atoms with Crippen molar-refractivity contribution in [2.75, 3.05) is 5.32 Å². The van der Waals surface area contributed by atoms with Crippen molar-refractivity contribution in [2.45, 2.75) is 31.7 Å². The molecule has 0 fully saturated rings. The number of hydrogen-bond acceptors (Lipinski definition) is 1. The Bertz CT molecular complexity index is 438. The third-order valence-electron chi connectivity index (χ3n) is 3.88. The summed E-state index contributed by atoms with van der Waals surface area (Å²) in [4.78, 5) is 0. The van der Waals surface area contributed by atoms with Gasteiger partial charge in [0.1, 0.15) is 0 Å². The van der Waals surface area contributed by atoms with Gasteiger partial charge in [0, 0.05) is 22.1 Å². The van der Waals surface area contributed by atoms with Crippen LogP contribution in [0.25, 0.3) is 0 Å². The third kappa shape index (κ3) is 1.51. The number of nitrogens with one attached hydrogen (secondary N) is 1. The van der Waals surface area contributed by atoms with Crippen molar-refractivity contribution in [1.82, 2.24) is 0 Å². The molecule has 0 spiro atoms. The molecule has 3 rings (SSSR count). The number of fused-ring (bicyclic) bond motifs is 3. The maximum absolute atomic E-state index is 3.68. The van der Waals surface area contributed by atoms with Gasteiger partial charge in [0.15, 0.2) is 0 Å². The molecule has 1 aromatic carbocycles. The quantitative estimate of drug-likeness (QED) is 0.755. The maximum atomic E-state index is 3.68. The first-order chi connectivity index (χ1) is 7.79. The van der Waals surface area contributed by atoms with Crippen molar-refractivity contribution in [3.8, 4) is 0 Å². The van der Waals surface area contributed by atoms with Crippen molar-refractivity contribution >= 4 is 21.6 Å². The number of halogens is 1. The highest BCUT2D eigenvalue weighted by Crippen LogP contribution is 2.45. The Balaban J connectivity index is 2.07. The van der Waals surface area contributed by atoms with Gasteiger partial charge in [-0.3, -0.25) is 0 Å². The number of anilines is 1. The molecule has 2 aliphatic rings. The van der Waals surface area contributed by atoms with Crippen LogP contribution in [0.2, 0.25) is 0 Å². The lowest BCUT2D eigenvalue weighted by atomic mass is 9.78. The SMILES string of the molecule is CC[C@H]1Nc2ccc(Br)cc2[C@H]2C=CC[C@H]21. The van der Waals surface area contributed by atoms with Crippen LogP contribution in [-0.2, 0) is 0 Å². The summed E-state index contributed by atoms with van der Waals surface area (Å²) in [5.41, 5.74) is 2.78. The largest absolute Gasteiger partial charge is 0.382 e. The minimum absolute atomic E-state index is 0.624. The molecule has 1 nitrogen and oxygen atoms in total. The average molecular weight is 278 g/mol. The molecule has 3 atom stereocenters. The molecule has 0 saturated carbocycles. The lowest BCUT2D eigenvalue weighted by Crippen LogP contribution is -2.35. The molecule has 16 heavy (non-hydrogen) atoms. The predicted molar refractivity (Wildman–Crippen MR) is 71.8 cm³/mol. The number of rotatable bonds is 1. The van der Waals surface area contributed by atoms with E-state index >= 15 is 0 Å². The van der Waals surface area contributed by atoms with Crippen LogP contribution in [0.5, 0.6) is 0 Å². The molecule has 0 bridgehead atoms. The van der Waals surface area contributed by atoms with Gasteiger partial charge in [-0.25, -0.2) is 0 Å². The second kappa shape index (κ2) is 3.92. The Hall–Kier alpha value is -0.760. The molecule has 1 N–H and O–H groups in total. The van der Waals surface area contributed by atoms with E-state index in [-0.39, 0.29) is 0 Å². The van der Waals surface area contributed by atoms with Crippen molar-refractivity contribution in [2.24, 2.45) is 5.92 Å². The summed E-state index contributed by atoms with van der Waals surface area (Å²) in [5, 5.41) is 3.68. The molecule has 2 heteroatoms. The van der Waals surface area contributed by atoms with Crippen LogP contribution >= 0.6 is 15.9 Å². The molecule has 1 heterocycles. The first-order valence-electron chi connectivity index (χ1n) is 6.02. The van der Waals surface area contributed by atoms with E-state index in [2.05, 4.69) is 58.5 Å². The first-order valence-corrected chi connectivity index (χ1v) is 6.81. The average Bonchev–Trinajstić information content (AvgIpc) is 2.77. The van der Waals surface area contributed by atoms with Crippen LogP contribution in [0.3, 0.4) is 0 Å². The fourth-order valence-corrected chi connectivity index (χ4v) is 3.45. The summed E-state index contributed by atoms with van der Waals surface area (Å²) in [6.07, 6.45) is 7.16. The molecule has 1 aliphatic heterocycles. The van der Waals surface area contributed by atoms with Gasteiger partial charge < -0.3 is 5.32 Å². The molecular formula is C14H16BrN. The Morgan fingerprint density at radius 2 is 2.31 bits per heavy atom. The summed E-state index contributed by atoms with van der Waals surface area (Å²) < 4.78 is 1.18. The van der Waals surface area contributed by atoms with E-state index in [0.29, 0.717) is 12.0 Å². The van der Waals surface area contributed by atoms with Gasteiger partial charge in [0.25, 0.3) is 0 Å². The summed E-state index contributed by atoms with van der Waals surface area (Å²) in [5.74, 6) is 1.38. The lowest BCUT2D eigenvalue weighted by Gasteiger charge is -2.36. The van der Waals surface area contributed by atoms with Crippen molar-refractivity contribution in [3.05, 3.63) is 40.4 Å². The van der Waals surface area contributed by atoms with Crippen molar-refractivity contribution < 1.29 is 0 Å². The summed E-state index contributed by atoms with van der Waals surface area (Å²) in [6, 6.07) is 7.22. The summed E-state index contributed by atoms with van der Waals surface area (Å²) in [7, 11) is 0. The van der Waals surface area contributed by atoms with Crippen molar-refractivity contribution in [3.63, 3.8) is 0 Å². The van der Waals surface area contributed by atoms with Crippen LogP contribution in [0.1, 0.15) is 31.2 Å². The zero-order valence-electron chi connectivity index (χ0n) is 9.41. The normalized spacial score (nSPS) is 30.8. The van der Waals surface area contributed by atoms with Gasteiger partial charge in [-0.1, -0.05) is 35.0 Å². The van der Waals surface area contributed by atoms with E-state index in [1.165, 1.54) is 28.6 Å². The second-order valence-electron chi connectivity index (χ2n) is 4.74. The van der Waals surface area contributed by atoms with Gasteiger partial charge in [0.2, 0.25) is 0 Å². The van der Waals surface area contributed by atoms with Gasteiger partial charge in [-0.15, -0.1) is 0 Å². The molecule has 0 amide bonds. The van der Waals surface area contributed by atoms with E-state index in [1.54, 1.807) is 0 Å².